The Morgan fingerprint density at radius 1 is 1.16 bits per heavy atom. The molecule has 0 saturated carbocycles. The Morgan fingerprint density at radius 3 is 2.41 bits per heavy atom. The summed E-state index contributed by atoms with van der Waals surface area (Å²) in [7, 11) is -3.69. The van der Waals surface area contributed by atoms with E-state index < -0.39 is 27.4 Å². The number of nitrogens with zero attached hydrogens (tertiary/aromatic N) is 2. The second-order valence-electron chi connectivity index (χ2n) is 8.27. The fourth-order valence-electron chi connectivity index (χ4n) is 3.95. The van der Waals surface area contributed by atoms with E-state index in [1.165, 1.54) is 24.0 Å². The molecular formula is C23H28FN3O4S. The highest BCUT2D eigenvalue weighted by atomic mass is 32.2. The molecule has 172 valence electrons. The zero-order valence-electron chi connectivity index (χ0n) is 18.7. The summed E-state index contributed by atoms with van der Waals surface area (Å²) in [5.41, 5.74) is 1.59. The Labute approximate surface area is 188 Å². The van der Waals surface area contributed by atoms with Crippen LogP contribution in [0.5, 0.6) is 0 Å². The number of sulfonamides is 1. The van der Waals surface area contributed by atoms with Gasteiger partial charge in [0.1, 0.15) is 11.4 Å². The maximum absolute atomic E-state index is 13.4. The first-order valence-corrected chi connectivity index (χ1v) is 12.0. The van der Waals surface area contributed by atoms with Gasteiger partial charge in [-0.15, -0.1) is 0 Å². The first kappa shape index (κ1) is 23.9. The number of amides is 2. The van der Waals surface area contributed by atoms with Crippen molar-refractivity contribution in [2.75, 3.05) is 23.7 Å². The molecule has 0 spiro atoms. The van der Waals surface area contributed by atoms with E-state index in [2.05, 4.69) is 5.32 Å². The molecule has 1 saturated heterocycles. The Hall–Kier alpha value is -2.78. The molecule has 7 nitrogen and oxygen atoms in total. The van der Waals surface area contributed by atoms with E-state index in [1.54, 1.807) is 25.1 Å². The molecule has 2 amide bonds. The average Bonchev–Trinajstić information content (AvgIpc) is 2.74. The van der Waals surface area contributed by atoms with Gasteiger partial charge in [0.05, 0.1) is 12.3 Å². The predicted molar refractivity (Wildman–Crippen MR) is 121 cm³/mol. The van der Waals surface area contributed by atoms with Gasteiger partial charge in [0, 0.05) is 18.8 Å². The van der Waals surface area contributed by atoms with Crippen molar-refractivity contribution in [3.05, 3.63) is 65.0 Å². The minimum Gasteiger partial charge on any atom is -0.350 e. The van der Waals surface area contributed by atoms with Crippen molar-refractivity contribution >= 4 is 27.5 Å². The first-order chi connectivity index (χ1) is 15.0. The second kappa shape index (κ2) is 8.99. The molecule has 9 heteroatoms. The number of halogens is 1. The topological polar surface area (TPSA) is 86.8 Å². The number of nitrogens with one attached hydrogen (secondary N) is 1. The van der Waals surface area contributed by atoms with Crippen LogP contribution in [0.2, 0.25) is 0 Å². The van der Waals surface area contributed by atoms with Gasteiger partial charge < -0.3 is 5.32 Å². The summed E-state index contributed by atoms with van der Waals surface area (Å²) < 4.78 is 39.4. The molecule has 32 heavy (non-hydrogen) atoms. The summed E-state index contributed by atoms with van der Waals surface area (Å²) in [6, 6.07) is 11.2. The van der Waals surface area contributed by atoms with Crippen molar-refractivity contribution in [2.45, 2.75) is 39.8 Å². The van der Waals surface area contributed by atoms with E-state index in [9.17, 15) is 22.4 Å². The maximum atomic E-state index is 13.4. The Morgan fingerprint density at radius 2 is 1.81 bits per heavy atom. The van der Waals surface area contributed by atoms with Crippen LogP contribution in [0.4, 0.5) is 10.1 Å². The zero-order chi connectivity index (χ0) is 23.7. The zero-order valence-corrected chi connectivity index (χ0v) is 19.5. The lowest BCUT2D eigenvalue weighted by Crippen LogP contribution is -2.70. The number of hydrogen-bond donors (Lipinski definition) is 1. The van der Waals surface area contributed by atoms with Gasteiger partial charge >= 0.3 is 0 Å². The minimum absolute atomic E-state index is 0.115. The van der Waals surface area contributed by atoms with Crippen LogP contribution in [-0.2, 0) is 26.2 Å². The lowest BCUT2D eigenvalue weighted by molar-refractivity contribution is -0.133. The molecule has 0 aromatic heterocycles. The van der Waals surface area contributed by atoms with E-state index in [1.807, 2.05) is 26.0 Å². The largest absolute Gasteiger partial charge is 0.350 e. The van der Waals surface area contributed by atoms with E-state index in [0.717, 1.165) is 15.4 Å². The van der Waals surface area contributed by atoms with E-state index in [-0.39, 0.29) is 31.2 Å². The van der Waals surface area contributed by atoms with Crippen molar-refractivity contribution in [3.8, 4) is 0 Å². The van der Waals surface area contributed by atoms with Gasteiger partial charge in [0.15, 0.2) is 0 Å². The van der Waals surface area contributed by atoms with Crippen molar-refractivity contribution in [1.82, 2.24) is 9.62 Å². The highest BCUT2D eigenvalue weighted by Gasteiger charge is 2.50. The highest BCUT2D eigenvalue weighted by molar-refractivity contribution is 7.89. The molecular weight excluding hydrogens is 433 g/mol. The number of benzene rings is 2. The lowest BCUT2D eigenvalue weighted by atomic mass is 9.93. The highest BCUT2D eigenvalue weighted by Crippen LogP contribution is 2.33. The summed E-state index contributed by atoms with van der Waals surface area (Å²) in [5, 5.41) is 2.79. The van der Waals surface area contributed by atoms with Gasteiger partial charge in [-0.2, -0.15) is 4.31 Å². The van der Waals surface area contributed by atoms with Gasteiger partial charge in [-0.25, -0.2) is 12.8 Å². The van der Waals surface area contributed by atoms with Crippen molar-refractivity contribution in [1.29, 1.82) is 0 Å². The number of rotatable bonds is 6. The smallest absolute Gasteiger partial charge is 0.247 e. The Balaban J connectivity index is 1.99. The molecule has 1 aliphatic heterocycles. The van der Waals surface area contributed by atoms with Crippen molar-refractivity contribution in [3.63, 3.8) is 0 Å². The average molecular weight is 462 g/mol. The third kappa shape index (κ3) is 4.68. The summed E-state index contributed by atoms with van der Waals surface area (Å²) in [5.74, 6) is -1.52. The lowest BCUT2D eigenvalue weighted by Gasteiger charge is -2.47. The van der Waals surface area contributed by atoms with Crippen molar-refractivity contribution < 1.29 is 22.4 Å². The minimum atomic E-state index is -3.69. The molecule has 1 heterocycles. The van der Waals surface area contributed by atoms with Crippen LogP contribution in [-0.4, -0.2) is 48.9 Å². The summed E-state index contributed by atoms with van der Waals surface area (Å²) >= 11 is 0. The molecule has 0 radical (unpaired) electrons. The molecule has 3 rings (SSSR count). The number of carbonyl (C=O) groups is 2. The van der Waals surface area contributed by atoms with E-state index in [0.29, 0.717) is 11.3 Å². The van der Waals surface area contributed by atoms with Crippen LogP contribution in [0.15, 0.2) is 42.5 Å². The fourth-order valence-corrected chi connectivity index (χ4v) is 5.07. The van der Waals surface area contributed by atoms with Crippen LogP contribution in [0.25, 0.3) is 0 Å². The molecule has 1 fully saturated rings. The third-order valence-electron chi connectivity index (χ3n) is 5.75. The van der Waals surface area contributed by atoms with Gasteiger partial charge in [-0.05, 0) is 57.0 Å². The standard InChI is InChI=1S/C23H28FN3O4S/c1-5-32(30,31)26-14-21(28)27(20-11-6-16(2)12-17(20)3)23(4,15-26)22(29)25-13-18-7-9-19(24)10-8-18/h6-12H,5,13-15H2,1-4H3,(H,25,29)/t23-/m1/s1. The maximum Gasteiger partial charge on any atom is 0.247 e. The second-order valence-corrected chi connectivity index (χ2v) is 10.5. The molecule has 0 aliphatic carbocycles. The molecule has 1 aliphatic rings. The normalized spacial score (nSPS) is 19.8. The summed E-state index contributed by atoms with van der Waals surface area (Å²) in [6.07, 6.45) is 0. The number of piperazine rings is 1. The monoisotopic (exact) mass is 461 g/mol. The van der Waals surface area contributed by atoms with Crippen LogP contribution in [0, 0.1) is 19.7 Å². The number of aryl methyl sites for hydroxylation is 2. The molecule has 1 N–H and O–H groups in total. The van der Waals surface area contributed by atoms with Gasteiger partial charge in [-0.1, -0.05) is 29.8 Å². The molecule has 2 aromatic carbocycles. The van der Waals surface area contributed by atoms with Crippen LogP contribution in [0.1, 0.15) is 30.5 Å². The van der Waals surface area contributed by atoms with Crippen LogP contribution in [0.3, 0.4) is 0 Å². The van der Waals surface area contributed by atoms with Gasteiger partial charge in [0.25, 0.3) is 0 Å². The molecule has 0 unspecified atom stereocenters. The quantitative estimate of drug-likeness (QED) is 0.716. The molecule has 0 bridgehead atoms. The number of carbonyl (C=O) groups excluding carboxylic acids is 2. The number of hydrogen-bond acceptors (Lipinski definition) is 4. The number of anilines is 1. The predicted octanol–water partition coefficient (Wildman–Crippen LogP) is 2.52. The first-order valence-electron chi connectivity index (χ1n) is 10.4. The molecule has 2 aromatic rings. The van der Waals surface area contributed by atoms with Gasteiger partial charge in [0.2, 0.25) is 21.8 Å². The fraction of sp³-hybridized carbons (Fsp3) is 0.391. The van der Waals surface area contributed by atoms with Crippen LogP contribution < -0.4 is 10.2 Å². The summed E-state index contributed by atoms with van der Waals surface area (Å²) in [4.78, 5) is 28.1. The Kier molecular flexibility index (Phi) is 6.71. The van der Waals surface area contributed by atoms with Crippen LogP contribution >= 0.6 is 0 Å². The van der Waals surface area contributed by atoms with E-state index in [4.69, 9.17) is 0 Å². The molecule has 1 atom stereocenters. The van der Waals surface area contributed by atoms with Crippen molar-refractivity contribution in [2.24, 2.45) is 0 Å². The Bertz CT molecular complexity index is 1130. The van der Waals surface area contributed by atoms with Gasteiger partial charge in [-0.3, -0.25) is 14.5 Å². The third-order valence-corrected chi connectivity index (χ3v) is 7.52. The SMILES string of the molecule is CCS(=O)(=O)N1CC(=O)N(c2ccc(C)cc2C)[C@@](C)(C(=O)NCc2ccc(F)cc2)C1. The summed E-state index contributed by atoms with van der Waals surface area (Å²) in [6.45, 7) is 6.47. The van der Waals surface area contributed by atoms with E-state index >= 15 is 0 Å².